The monoisotopic (exact) mass is 417 g/mol. The van der Waals surface area contributed by atoms with Crippen molar-refractivity contribution in [2.45, 2.75) is 58.3 Å². The first-order valence-corrected chi connectivity index (χ1v) is 12.8. The van der Waals surface area contributed by atoms with Crippen LogP contribution in [0.15, 0.2) is 29.0 Å². The second-order valence-electron chi connectivity index (χ2n) is 9.18. The van der Waals surface area contributed by atoms with Gasteiger partial charge in [-0.1, -0.05) is 32.4 Å². The van der Waals surface area contributed by atoms with E-state index in [9.17, 15) is 0 Å². The molecule has 0 unspecified atom stereocenters. The SMILES string of the molecule is Cc1c(N=C2OC[C@@]3(C)C(O[Si](C)(C)C(C)(C)C)=CCN23)ccc(C#N)c1Cl. The number of benzene rings is 1. The number of amidine groups is 1. The van der Waals surface area contributed by atoms with Crippen molar-refractivity contribution < 1.29 is 9.16 Å². The number of hydrogen-bond donors (Lipinski definition) is 0. The van der Waals surface area contributed by atoms with Crippen LogP contribution in [0.2, 0.25) is 23.2 Å². The first-order chi connectivity index (χ1) is 12.9. The van der Waals surface area contributed by atoms with Gasteiger partial charge in [0.05, 0.1) is 16.3 Å². The molecule has 0 aliphatic carbocycles. The minimum atomic E-state index is -1.94. The summed E-state index contributed by atoms with van der Waals surface area (Å²) in [4.78, 5) is 6.85. The zero-order chi connectivity index (χ0) is 20.9. The lowest BCUT2D eigenvalue weighted by atomic mass is 10.0. The summed E-state index contributed by atoms with van der Waals surface area (Å²) in [6.45, 7) is 16.4. The molecule has 0 bridgehead atoms. The van der Waals surface area contributed by atoms with E-state index in [1.165, 1.54) is 0 Å². The summed E-state index contributed by atoms with van der Waals surface area (Å²) in [5.41, 5.74) is 1.59. The second-order valence-corrected chi connectivity index (χ2v) is 14.3. The van der Waals surface area contributed by atoms with Crippen LogP contribution in [0.25, 0.3) is 0 Å². The average molecular weight is 418 g/mol. The highest BCUT2D eigenvalue weighted by atomic mass is 35.5. The normalized spacial score (nSPS) is 23.3. The Morgan fingerprint density at radius 1 is 1.36 bits per heavy atom. The third-order valence-corrected chi connectivity index (χ3v) is 11.0. The molecule has 0 N–H and O–H groups in total. The number of hydrogen-bond acceptors (Lipinski definition) is 4. The molecule has 2 aliphatic rings. The van der Waals surface area contributed by atoms with Gasteiger partial charge < -0.3 is 14.1 Å². The number of aliphatic imine (C=N–C) groups is 1. The summed E-state index contributed by atoms with van der Waals surface area (Å²) < 4.78 is 12.6. The minimum Gasteiger partial charge on any atom is -0.545 e. The van der Waals surface area contributed by atoms with E-state index in [1.807, 2.05) is 13.0 Å². The Bertz CT molecular complexity index is 911. The summed E-state index contributed by atoms with van der Waals surface area (Å²) >= 11 is 6.29. The second kappa shape index (κ2) is 6.82. The third-order valence-electron chi connectivity index (χ3n) is 6.16. The molecule has 7 heteroatoms. The van der Waals surface area contributed by atoms with Gasteiger partial charge >= 0.3 is 0 Å². The van der Waals surface area contributed by atoms with Crippen LogP contribution in [-0.4, -0.2) is 37.9 Å². The van der Waals surface area contributed by atoms with Gasteiger partial charge in [-0.05, 0) is 55.8 Å². The van der Waals surface area contributed by atoms with E-state index in [0.29, 0.717) is 35.4 Å². The largest absolute Gasteiger partial charge is 0.545 e. The van der Waals surface area contributed by atoms with E-state index in [0.717, 1.165) is 11.3 Å². The molecular formula is C21H28ClN3O2Si. The van der Waals surface area contributed by atoms with E-state index >= 15 is 0 Å². The smallest absolute Gasteiger partial charge is 0.293 e. The van der Waals surface area contributed by atoms with Gasteiger partial charge in [-0.2, -0.15) is 10.3 Å². The highest BCUT2D eigenvalue weighted by Gasteiger charge is 2.52. The fourth-order valence-corrected chi connectivity index (χ4v) is 4.47. The topological polar surface area (TPSA) is 57.9 Å². The van der Waals surface area contributed by atoms with Crippen molar-refractivity contribution >= 4 is 31.6 Å². The van der Waals surface area contributed by atoms with Gasteiger partial charge in [0.2, 0.25) is 8.32 Å². The Hall–Kier alpha value is -1.97. The molecule has 0 aromatic heterocycles. The van der Waals surface area contributed by atoms with Gasteiger partial charge in [0.25, 0.3) is 6.02 Å². The van der Waals surface area contributed by atoms with E-state index in [2.05, 4.69) is 57.8 Å². The van der Waals surface area contributed by atoms with Crippen molar-refractivity contribution in [2.75, 3.05) is 13.2 Å². The van der Waals surface area contributed by atoms with Crippen LogP contribution in [0.3, 0.4) is 0 Å². The van der Waals surface area contributed by atoms with Gasteiger partial charge in [0.15, 0.2) is 0 Å². The predicted molar refractivity (Wildman–Crippen MR) is 115 cm³/mol. The Balaban J connectivity index is 1.87. The first-order valence-electron chi connectivity index (χ1n) is 9.49. The fourth-order valence-electron chi connectivity index (χ4n) is 3.11. The molecule has 5 nitrogen and oxygen atoms in total. The Morgan fingerprint density at radius 2 is 2.04 bits per heavy atom. The molecule has 0 amide bonds. The molecule has 0 spiro atoms. The van der Waals surface area contributed by atoms with Crippen LogP contribution in [-0.2, 0) is 9.16 Å². The van der Waals surface area contributed by atoms with Gasteiger partial charge in [-0.3, -0.25) is 0 Å². The summed E-state index contributed by atoms with van der Waals surface area (Å²) in [6.07, 6.45) is 2.15. The molecule has 0 saturated carbocycles. The summed E-state index contributed by atoms with van der Waals surface area (Å²) in [5, 5.41) is 9.70. The van der Waals surface area contributed by atoms with Crippen LogP contribution < -0.4 is 0 Å². The predicted octanol–water partition coefficient (Wildman–Crippen LogP) is 5.52. The molecule has 2 aliphatic heterocycles. The molecule has 1 aromatic carbocycles. The summed E-state index contributed by atoms with van der Waals surface area (Å²) in [6, 6.07) is 6.16. The molecule has 3 rings (SSSR count). The van der Waals surface area contributed by atoms with Crippen molar-refractivity contribution in [2.24, 2.45) is 4.99 Å². The van der Waals surface area contributed by atoms with Crippen LogP contribution in [0.1, 0.15) is 38.8 Å². The quantitative estimate of drug-likeness (QED) is 0.607. The van der Waals surface area contributed by atoms with Crippen molar-refractivity contribution in [1.82, 2.24) is 4.90 Å². The number of nitrogens with zero attached hydrogens (tertiary/aromatic N) is 3. The zero-order valence-corrected chi connectivity index (χ0v) is 19.4. The number of nitriles is 1. The van der Waals surface area contributed by atoms with Crippen LogP contribution in [0, 0.1) is 18.3 Å². The molecule has 1 aromatic rings. The van der Waals surface area contributed by atoms with Crippen molar-refractivity contribution in [3.63, 3.8) is 0 Å². The maximum atomic E-state index is 9.13. The Morgan fingerprint density at radius 3 is 2.64 bits per heavy atom. The lowest BCUT2D eigenvalue weighted by Crippen LogP contribution is -2.47. The van der Waals surface area contributed by atoms with Crippen LogP contribution in [0.4, 0.5) is 5.69 Å². The molecule has 1 fully saturated rings. The summed E-state index contributed by atoms with van der Waals surface area (Å²) in [7, 11) is -1.94. The molecule has 2 heterocycles. The number of fused-ring (bicyclic) bond motifs is 1. The minimum absolute atomic E-state index is 0.129. The van der Waals surface area contributed by atoms with E-state index in [1.54, 1.807) is 6.07 Å². The highest BCUT2D eigenvalue weighted by Crippen LogP contribution is 2.44. The summed E-state index contributed by atoms with van der Waals surface area (Å²) in [5.74, 6) is 0.985. The third kappa shape index (κ3) is 3.31. The van der Waals surface area contributed by atoms with Gasteiger partial charge in [-0.15, -0.1) is 0 Å². The number of ether oxygens (including phenoxy) is 1. The average Bonchev–Trinajstić information content (AvgIpc) is 3.07. The van der Waals surface area contributed by atoms with E-state index in [4.69, 9.17) is 31.0 Å². The fraction of sp³-hybridized carbons (Fsp3) is 0.524. The van der Waals surface area contributed by atoms with E-state index in [-0.39, 0.29) is 10.6 Å². The van der Waals surface area contributed by atoms with Crippen molar-refractivity contribution in [3.8, 4) is 6.07 Å². The van der Waals surface area contributed by atoms with Crippen LogP contribution in [0.5, 0.6) is 0 Å². The molecule has 1 saturated heterocycles. The molecule has 1 atom stereocenters. The maximum Gasteiger partial charge on any atom is 0.293 e. The lowest BCUT2D eigenvalue weighted by Gasteiger charge is -2.40. The Kier molecular flexibility index (Phi) is 5.05. The van der Waals surface area contributed by atoms with Crippen molar-refractivity contribution in [3.05, 3.63) is 40.1 Å². The molecule has 150 valence electrons. The zero-order valence-electron chi connectivity index (χ0n) is 17.7. The highest BCUT2D eigenvalue weighted by molar-refractivity contribution is 6.74. The van der Waals surface area contributed by atoms with Gasteiger partial charge in [0, 0.05) is 6.54 Å². The Labute approximate surface area is 173 Å². The maximum absolute atomic E-state index is 9.13. The number of halogens is 1. The molecular weight excluding hydrogens is 390 g/mol. The lowest BCUT2D eigenvalue weighted by molar-refractivity contribution is 0.203. The van der Waals surface area contributed by atoms with Gasteiger partial charge in [0.1, 0.15) is 24.0 Å². The van der Waals surface area contributed by atoms with Gasteiger partial charge in [-0.25, -0.2) is 0 Å². The van der Waals surface area contributed by atoms with E-state index < -0.39 is 8.32 Å². The van der Waals surface area contributed by atoms with Crippen molar-refractivity contribution in [1.29, 1.82) is 5.26 Å². The first kappa shape index (κ1) is 20.8. The number of rotatable bonds is 3. The molecule has 0 radical (unpaired) electrons. The van der Waals surface area contributed by atoms with Crippen LogP contribution >= 0.6 is 11.6 Å². The standard InChI is InChI=1S/C21H28ClN3O2Si/c1-14-16(9-8-15(12-23)18(14)22)24-19-25-11-10-17(21(25,5)13-26-19)27-28(6,7)20(2,3)4/h8-10H,11,13H2,1-7H3/t21-/m0/s1. The molecule has 28 heavy (non-hydrogen) atoms.